The predicted molar refractivity (Wildman–Crippen MR) is 80.3 cm³/mol. The molecule has 0 aliphatic heterocycles. The molecule has 2 heterocycles. The molecular weight excluding hydrogens is 250 g/mol. The molecule has 0 amide bonds. The predicted octanol–water partition coefficient (Wildman–Crippen LogP) is 3.19. The summed E-state index contributed by atoms with van der Waals surface area (Å²) in [5.41, 5.74) is 1.06. The average molecular weight is 269 g/mol. The molecule has 0 spiro atoms. The van der Waals surface area contributed by atoms with Gasteiger partial charge in [-0.25, -0.2) is 4.98 Å². The highest BCUT2D eigenvalue weighted by molar-refractivity contribution is 5.77. The molecule has 0 unspecified atom stereocenters. The Morgan fingerprint density at radius 2 is 1.85 bits per heavy atom. The molecule has 0 saturated heterocycles. The summed E-state index contributed by atoms with van der Waals surface area (Å²) in [6.07, 6.45) is 5.49. The highest BCUT2D eigenvalue weighted by Gasteiger charge is 1.95. The molecule has 0 aliphatic rings. The fourth-order valence-electron chi connectivity index (χ4n) is 1.74. The Morgan fingerprint density at radius 1 is 1.05 bits per heavy atom. The van der Waals surface area contributed by atoms with Gasteiger partial charge in [0, 0.05) is 37.6 Å². The van der Waals surface area contributed by atoms with Crippen molar-refractivity contribution >= 4 is 10.9 Å². The van der Waals surface area contributed by atoms with E-state index in [-0.39, 0.29) is 0 Å². The van der Waals surface area contributed by atoms with Crippen LogP contribution in [0.4, 0.5) is 0 Å². The van der Waals surface area contributed by atoms with E-state index in [0.717, 1.165) is 17.9 Å². The molecule has 0 N–H and O–H groups in total. The molecule has 4 heteroatoms. The van der Waals surface area contributed by atoms with Crippen molar-refractivity contribution in [3.63, 3.8) is 0 Å². The van der Waals surface area contributed by atoms with Crippen LogP contribution in [0.3, 0.4) is 0 Å². The zero-order valence-corrected chi connectivity index (χ0v) is 11.9. The summed E-state index contributed by atoms with van der Waals surface area (Å²) >= 11 is 0. The molecule has 20 heavy (non-hydrogen) atoms. The Morgan fingerprint density at radius 3 is 2.55 bits per heavy atom. The van der Waals surface area contributed by atoms with Gasteiger partial charge in [0.1, 0.15) is 12.4 Å². The molecule has 0 fully saturated rings. The lowest BCUT2D eigenvalue weighted by molar-refractivity contribution is 0.126. The third-order valence-electron chi connectivity index (χ3n) is 2.87. The summed E-state index contributed by atoms with van der Waals surface area (Å²) < 4.78 is 7.13. The van der Waals surface area contributed by atoms with Crippen LogP contribution in [-0.2, 0) is 18.4 Å². The lowest BCUT2D eigenvalue weighted by Crippen LogP contribution is -1.99. The zero-order chi connectivity index (χ0) is 14.2. The zero-order valence-electron chi connectivity index (χ0n) is 11.9. The van der Waals surface area contributed by atoms with Gasteiger partial charge in [0.2, 0.25) is 0 Å². The Balaban J connectivity index is 0.000000147. The van der Waals surface area contributed by atoms with Gasteiger partial charge < -0.3 is 9.30 Å². The third kappa shape index (κ3) is 3.90. The van der Waals surface area contributed by atoms with E-state index in [2.05, 4.69) is 22.1 Å². The van der Waals surface area contributed by atoms with Crippen molar-refractivity contribution in [2.75, 3.05) is 6.61 Å². The second kappa shape index (κ2) is 7.40. The Hall–Kier alpha value is -2.20. The van der Waals surface area contributed by atoms with Crippen LogP contribution in [0, 0.1) is 0 Å². The van der Waals surface area contributed by atoms with Crippen molar-refractivity contribution < 1.29 is 4.74 Å². The Bertz CT molecular complexity index is 583. The first-order chi connectivity index (χ1) is 9.81. The van der Waals surface area contributed by atoms with Crippen molar-refractivity contribution in [1.29, 1.82) is 0 Å². The number of rotatable bonds is 3. The van der Waals surface area contributed by atoms with Crippen LogP contribution in [0.5, 0.6) is 0 Å². The van der Waals surface area contributed by atoms with Crippen LogP contribution < -0.4 is 0 Å². The second-order valence-corrected chi connectivity index (χ2v) is 4.29. The number of nitrogens with zero attached hydrogens (tertiary/aromatic N) is 3. The van der Waals surface area contributed by atoms with Gasteiger partial charge >= 0.3 is 0 Å². The minimum atomic E-state index is 0.611. The largest absolute Gasteiger partial charge is 0.374 e. The lowest BCUT2D eigenvalue weighted by atomic mass is 10.2. The van der Waals surface area contributed by atoms with E-state index in [9.17, 15) is 0 Å². The van der Waals surface area contributed by atoms with Crippen molar-refractivity contribution in [2.24, 2.45) is 7.05 Å². The first-order valence-electron chi connectivity index (χ1n) is 6.65. The molecule has 1 aromatic carbocycles. The van der Waals surface area contributed by atoms with Crippen molar-refractivity contribution in [1.82, 2.24) is 14.5 Å². The number of hydrogen-bond donors (Lipinski definition) is 0. The maximum Gasteiger partial charge on any atom is 0.134 e. The molecule has 4 nitrogen and oxygen atoms in total. The van der Waals surface area contributed by atoms with Gasteiger partial charge in [-0.1, -0.05) is 24.3 Å². The monoisotopic (exact) mass is 269 g/mol. The molecule has 3 aromatic rings. The molecule has 0 radical (unpaired) electrons. The van der Waals surface area contributed by atoms with Gasteiger partial charge in [0.25, 0.3) is 0 Å². The standard InChI is InChI=1S/C9H7N.C7H12N2O/c1-2-6-9-8(4-1)5-3-7-10-9;1-3-10-6-7-8-4-5-9(7)2/h1-7H;4-5H,3,6H2,1-2H3. The molecule has 3 rings (SSSR count). The summed E-state index contributed by atoms with van der Waals surface area (Å²) in [4.78, 5) is 8.27. The highest BCUT2D eigenvalue weighted by Crippen LogP contribution is 2.07. The molecule has 0 bridgehead atoms. The number of benzene rings is 1. The molecule has 2 aromatic heterocycles. The van der Waals surface area contributed by atoms with Gasteiger partial charge in [0.15, 0.2) is 0 Å². The van der Waals surface area contributed by atoms with E-state index in [0.29, 0.717) is 6.61 Å². The van der Waals surface area contributed by atoms with E-state index < -0.39 is 0 Å². The van der Waals surface area contributed by atoms with Gasteiger partial charge in [-0.3, -0.25) is 4.98 Å². The molecule has 0 aliphatic carbocycles. The number of aromatic nitrogens is 3. The van der Waals surface area contributed by atoms with Crippen molar-refractivity contribution in [2.45, 2.75) is 13.5 Å². The second-order valence-electron chi connectivity index (χ2n) is 4.29. The number of ether oxygens (including phenoxy) is 1. The summed E-state index contributed by atoms with van der Waals surface area (Å²) in [6.45, 7) is 3.33. The summed E-state index contributed by atoms with van der Waals surface area (Å²) in [7, 11) is 1.96. The fourth-order valence-corrected chi connectivity index (χ4v) is 1.74. The van der Waals surface area contributed by atoms with E-state index in [1.54, 1.807) is 6.20 Å². The van der Waals surface area contributed by atoms with Gasteiger partial charge in [0.05, 0.1) is 5.52 Å². The fraction of sp³-hybridized carbons (Fsp3) is 0.250. The van der Waals surface area contributed by atoms with Crippen LogP contribution in [-0.4, -0.2) is 21.1 Å². The molecule has 0 atom stereocenters. The maximum absolute atomic E-state index is 5.18. The van der Waals surface area contributed by atoms with Gasteiger partial charge in [-0.15, -0.1) is 0 Å². The van der Waals surface area contributed by atoms with Crippen LogP contribution in [0.25, 0.3) is 10.9 Å². The van der Waals surface area contributed by atoms with E-state index in [1.807, 2.05) is 55.2 Å². The number of aryl methyl sites for hydroxylation is 1. The van der Waals surface area contributed by atoms with Crippen LogP contribution in [0.15, 0.2) is 55.0 Å². The lowest BCUT2D eigenvalue weighted by Gasteiger charge is -1.99. The first-order valence-corrected chi connectivity index (χ1v) is 6.65. The SMILES string of the molecule is CCOCc1nccn1C.c1ccc2ncccc2c1. The minimum absolute atomic E-state index is 0.611. The smallest absolute Gasteiger partial charge is 0.134 e. The summed E-state index contributed by atoms with van der Waals surface area (Å²) in [5, 5.41) is 1.20. The normalized spacial score (nSPS) is 10.1. The number of fused-ring (bicyclic) bond motifs is 1. The number of para-hydroxylation sites is 1. The Kier molecular flexibility index (Phi) is 5.26. The quantitative estimate of drug-likeness (QED) is 0.733. The topological polar surface area (TPSA) is 39.9 Å². The van der Waals surface area contributed by atoms with Crippen LogP contribution in [0.1, 0.15) is 12.7 Å². The summed E-state index contributed by atoms with van der Waals surface area (Å²) in [5.74, 6) is 0.974. The maximum atomic E-state index is 5.18. The first kappa shape index (κ1) is 14.2. The van der Waals surface area contributed by atoms with E-state index in [4.69, 9.17) is 4.74 Å². The van der Waals surface area contributed by atoms with Crippen LogP contribution in [0.2, 0.25) is 0 Å². The summed E-state index contributed by atoms with van der Waals surface area (Å²) in [6, 6.07) is 12.1. The van der Waals surface area contributed by atoms with Crippen molar-refractivity contribution in [3.05, 3.63) is 60.8 Å². The van der Waals surface area contributed by atoms with Crippen LogP contribution >= 0.6 is 0 Å². The average Bonchev–Trinajstić information content (AvgIpc) is 2.91. The van der Waals surface area contributed by atoms with Gasteiger partial charge in [-0.2, -0.15) is 0 Å². The van der Waals surface area contributed by atoms with Gasteiger partial charge in [-0.05, 0) is 19.1 Å². The molecular formula is C16H19N3O. The number of pyridine rings is 1. The highest BCUT2D eigenvalue weighted by atomic mass is 16.5. The number of imidazole rings is 1. The minimum Gasteiger partial charge on any atom is -0.374 e. The molecule has 104 valence electrons. The van der Waals surface area contributed by atoms with Crippen molar-refractivity contribution in [3.8, 4) is 0 Å². The van der Waals surface area contributed by atoms with E-state index in [1.165, 1.54) is 5.39 Å². The van der Waals surface area contributed by atoms with E-state index >= 15 is 0 Å². The third-order valence-corrected chi connectivity index (χ3v) is 2.87. The Labute approximate surface area is 119 Å². The molecule has 0 saturated carbocycles. The number of hydrogen-bond acceptors (Lipinski definition) is 3.